The summed E-state index contributed by atoms with van der Waals surface area (Å²) in [6.07, 6.45) is 0. The summed E-state index contributed by atoms with van der Waals surface area (Å²) in [5.41, 5.74) is 5.39. The van der Waals surface area contributed by atoms with Gasteiger partial charge in [-0.25, -0.2) is 12.8 Å². The number of primary amides is 1. The number of nitrogens with two attached hydrogens (primary N) is 1. The van der Waals surface area contributed by atoms with Crippen LogP contribution in [0.5, 0.6) is 0 Å². The van der Waals surface area contributed by atoms with E-state index in [-0.39, 0.29) is 11.0 Å². The lowest BCUT2D eigenvalue weighted by atomic mass is 10.2. The predicted molar refractivity (Wildman–Crippen MR) is 76.6 cm³/mol. The Kier molecular flexibility index (Phi) is 3.22. The number of carbonyl (C=O) groups is 1. The monoisotopic (exact) mass is 319 g/mol. The summed E-state index contributed by atoms with van der Waals surface area (Å²) in [6.45, 7) is 0. The number of halogens is 1. The molecule has 112 valence electrons. The maximum atomic E-state index is 13.9. The number of amides is 1. The summed E-state index contributed by atoms with van der Waals surface area (Å²) in [5.74, 6) is -2.46. The SMILES string of the molecule is NC(=O)c1oc2ccccc2c1S(=O)(=O)c1ccccc1F. The Hall–Kier alpha value is -2.67. The molecule has 0 saturated heterocycles. The van der Waals surface area contributed by atoms with Crippen LogP contribution in [0, 0.1) is 5.82 Å². The summed E-state index contributed by atoms with van der Waals surface area (Å²) >= 11 is 0. The van der Waals surface area contributed by atoms with Gasteiger partial charge < -0.3 is 10.2 Å². The second-order valence-electron chi connectivity index (χ2n) is 4.55. The van der Waals surface area contributed by atoms with Crippen molar-refractivity contribution in [3.05, 3.63) is 60.1 Å². The van der Waals surface area contributed by atoms with Crippen LogP contribution in [-0.2, 0) is 9.84 Å². The highest BCUT2D eigenvalue weighted by Crippen LogP contribution is 2.34. The molecule has 7 heteroatoms. The van der Waals surface area contributed by atoms with Crippen molar-refractivity contribution in [2.24, 2.45) is 5.73 Å². The molecule has 0 aliphatic carbocycles. The molecule has 0 atom stereocenters. The Bertz CT molecular complexity index is 992. The van der Waals surface area contributed by atoms with Crippen molar-refractivity contribution in [2.45, 2.75) is 9.79 Å². The van der Waals surface area contributed by atoms with Crippen LogP contribution in [0.3, 0.4) is 0 Å². The van der Waals surface area contributed by atoms with E-state index < -0.39 is 37.1 Å². The minimum absolute atomic E-state index is 0.180. The van der Waals surface area contributed by atoms with Gasteiger partial charge in [-0.3, -0.25) is 4.79 Å². The summed E-state index contributed by atoms with van der Waals surface area (Å²) in [5, 5.41) is 0.180. The van der Waals surface area contributed by atoms with E-state index in [1.807, 2.05) is 0 Å². The van der Waals surface area contributed by atoms with E-state index in [1.54, 1.807) is 12.1 Å². The molecule has 0 saturated carbocycles. The van der Waals surface area contributed by atoms with Gasteiger partial charge in [0.2, 0.25) is 15.6 Å². The molecular weight excluding hydrogens is 309 g/mol. The highest BCUT2D eigenvalue weighted by atomic mass is 32.2. The Morgan fingerprint density at radius 3 is 2.36 bits per heavy atom. The van der Waals surface area contributed by atoms with Gasteiger partial charge in [-0.1, -0.05) is 24.3 Å². The fourth-order valence-electron chi connectivity index (χ4n) is 2.22. The maximum absolute atomic E-state index is 13.9. The third kappa shape index (κ3) is 2.06. The lowest BCUT2D eigenvalue weighted by molar-refractivity contribution is 0.0971. The van der Waals surface area contributed by atoms with Crippen molar-refractivity contribution in [3.63, 3.8) is 0 Å². The number of para-hydroxylation sites is 1. The van der Waals surface area contributed by atoms with Crippen molar-refractivity contribution in [3.8, 4) is 0 Å². The summed E-state index contributed by atoms with van der Waals surface area (Å²) < 4.78 is 44.6. The molecule has 0 fully saturated rings. The molecule has 2 aromatic carbocycles. The van der Waals surface area contributed by atoms with Crippen molar-refractivity contribution in [1.82, 2.24) is 0 Å². The standard InChI is InChI=1S/C15H10FNO4S/c16-10-6-2-4-8-12(10)22(19,20)14-9-5-1-3-7-11(9)21-13(14)15(17)18/h1-8H,(H2,17,18). The first-order valence-electron chi connectivity index (χ1n) is 6.24. The minimum Gasteiger partial charge on any atom is -0.449 e. The first-order valence-corrected chi connectivity index (χ1v) is 7.72. The van der Waals surface area contributed by atoms with E-state index in [4.69, 9.17) is 10.2 Å². The Balaban J connectivity index is 2.41. The van der Waals surface area contributed by atoms with Gasteiger partial charge >= 0.3 is 0 Å². The third-order valence-electron chi connectivity index (χ3n) is 3.17. The topological polar surface area (TPSA) is 90.4 Å². The largest absolute Gasteiger partial charge is 0.449 e. The Morgan fingerprint density at radius 1 is 1.05 bits per heavy atom. The smallest absolute Gasteiger partial charge is 0.285 e. The maximum Gasteiger partial charge on any atom is 0.285 e. The quantitative estimate of drug-likeness (QED) is 0.803. The molecule has 0 unspecified atom stereocenters. The molecule has 1 aromatic heterocycles. The molecule has 0 spiro atoms. The molecule has 3 aromatic rings. The van der Waals surface area contributed by atoms with Crippen LogP contribution in [0.4, 0.5) is 4.39 Å². The molecule has 5 nitrogen and oxygen atoms in total. The Labute approximate surface area is 125 Å². The van der Waals surface area contributed by atoms with Crippen molar-refractivity contribution in [1.29, 1.82) is 0 Å². The van der Waals surface area contributed by atoms with Crippen molar-refractivity contribution in [2.75, 3.05) is 0 Å². The number of furan rings is 1. The van der Waals surface area contributed by atoms with Crippen molar-refractivity contribution < 1.29 is 22.0 Å². The predicted octanol–water partition coefficient (Wildman–Crippen LogP) is 2.50. The van der Waals surface area contributed by atoms with Crippen LogP contribution < -0.4 is 5.73 Å². The van der Waals surface area contributed by atoms with Gasteiger partial charge in [0.05, 0.1) is 0 Å². The molecular formula is C15H10FNO4S. The van der Waals surface area contributed by atoms with E-state index in [2.05, 4.69) is 0 Å². The first-order chi connectivity index (χ1) is 10.4. The molecule has 0 aliphatic rings. The first kappa shape index (κ1) is 14.3. The fraction of sp³-hybridized carbons (Fsp3) is 0. The van der Waals surface area contributed by atoms with Crippen molar-refractivity contribution >= 4 is 26.7 Å². The fourth-order valence-corrected chi connectivity index (χ4v) is 3.87. The summed E-state index contributed by atoms with van der Waals surface area (Å²) in [4.78, 5) is 10.6. The van der Waals surface area contributed by atoms with Gasteiger partial charge in [-0.2, -0.15) is 0 Å². The van der Waals surface area contributed by atoms with Crippen LogP contribution in [0.1, 0.15) is 10.6 Å². The number of carbonyl (C=O) groups excluding carboxylic acids is 1. The van der Waals surface area contributed by atoms with E-state index in [0.717, 1.165) is 12.1 Å². The number of hydrogen-bond donors (Lipinski definition) is 1. The highest BCUT2D eigenvalue weighted by molar-refractivity contribution is 7.91. The summed E-state index contributed by atoms with van der Waals surface area (Å²) in [6, 6.07) is 11.1. The normalized spacial score (nSPS) is 11.7. The lowest BCUT2D eigenvalue weighted by Gasteiger charge is -2.05. The Morgan fingerprint density at radius 2 is 1.68 bits per heavy atom. The number of sulfone groups is 1. The van der Waals surface area contributed by atoms with Gasteiger partial charge in [0.1, 0.15) is 21.2 Å². The second kappa shape index (κ2) is 4.96. The van der Waals surface area contributed by atoms with E-state index >= 15 is 0 Å². The van der Waals surface area contributed by atoms with Gasteiger partial charge in [0, 0.05) is 5.39 Å². The highest BCUT2D eigenvalue weighted by Gasteiger charge is 2.32. The van der Waals surface area contributed by atoms with E-state index in [0.29, 0.717) is 0 Å². The molecule has 1 amide bonds. The molecule has 1 heterocycles. The number of rotatable bonds is 3. The van der Waals surface area contributed by atoms with Gasteiger partial charge in [0.15, 0.2) is 0 Å². The average molecular weight is 319 g/mol. The number of hydrogen-bond acceptors (Lipinski definition) is 4. The number of benzene rings is 2. The molecule has 0 aliphatic heterocycles. The van der Waals surface area contributed by atoms with Gasteiger partial charge in [0.25, 0.3) is 5.91 Å². The molecule has 2 N–H and O–H groups in total. The van der Waals surface area contributed by atoms with Gasteiger partial charge in [-0.15, -0.1) is 0 Å². The average Bonchev–Trinajstić information content (AvgIpc) is 2.88. The van der Waals surface area contributed by atoms with E-state index in [1.165, 1.54) is 24.3 Å². The molecule has 3 rings (SSSR count). The zero-order chi connectivity index (χ0) is 15.9. The third-order valence-corrected chi connectivity index (χ3v) is 5.02. The molecule has 0 radical (unpaired) electrons. The van der Waals surface area contributed by atoms with E-state index in [9.17, 15) is 17.6 Å². The molecule has 0 bridgehead atoms. The lowest BCUT2D eigenvalue weighted by Crippen LogP contribution is -2.15. The zero-order valence-electron chi connectivity index (χ0n) is 11.1. The van der Waals surface area contributed by atoms with Gasteiger partial charge in [-0.05, 0) is 24.3 Å². The second-order valence-corrected chi connectivity index (χ2v) is 6.41. The van der Waals surface area contributed by atoms with Crippen LogP contribution in [-0.4, -0.2) is 14.3 Å². The van der Waals surface area contributed by atoms with Crippen LogP contribution in [0.2, 0.25) is 0 Å². The zero-order valence-corrected chi connectivity index (χ0v) is 11.9. The molecule has 22 heavy (non-hydrogen) atoms. The van der Waals surface area contributed by atoms with Crippen LogP contribution >= 0.6 is 0 Å². The number of fused-ring (bicyclic) bond motifs is 1. The minimum atomic E-state index is -4.30. The van der Waals surface area contributed by atoms with Crippen LogP contribution in [0.15, 0.2) is 62.7 Å². The summed E-state index contributed by atoms with van der Waals surface area (Å²) in [7, 11) is -4.30. The van der Waals surface area contributed by atoms with Crippen LogP contribution in [0.25, 0.3) is 11.0 Å².